The van der Waals surface area contributed by atoms with E-state index < -0.39 is 0 Å². The lowest BCUT2D eigenvalue weighted by atomic mass is 10.2. The van der Waals surface area contributed by atoms with E-state index >= 15 is 0 Å². The molecule has 0 amide bonds. The molecule has 2 aromatic heterocycles. The summed E-state index contributed by atoms with van der Waals surface area (Å²) in [6, 6.07) is 3.96. The predicted molar refractivity (Wildman–Crippen MR) is 67.4 cm³/mol. The third-order valence-corrected chi connectivity index (χ3v) is 2.51. The highest BCUT2D eigenvalue weighted by molar-refractivity contribution is 5.57. The molecular weight excluding hydrogens is 214 g/mol. The number of hydrogen-bond donors (Lipinski definition) is 1. The number of anilines is 2. The van der Waals surface area contributed by atoms with E-state index in [2.05, 4.69) is 26.8 Å². The molecule has 0 aliphatic rings. The number of rotatable bonds is 4. The van der Waals surface area contributed by atoms with Crippen molar-refractivity contribution in [1.82, 2.24) is 15.0 Å². The summed E-state index contributed by atoms with van der Waals surface area (Å²) in [5.74, 6) is 1.19. The Kier molecular flexibility index (Phi) is 3.49. The SMILES string of the molecule is CCN(Cc1ccncc1)c1nccnc1N. The number of nitrogens with zero attached hydrogens (tertiary/aromatic N) is 4. The van der Waals surface area contributed by atoms with Gasteiger partial charge < -0.3 is 10.6 Å². The summed E-state index contributed by atoms with van der Waals surface area (Å²) >= 11 is 0. The van der Waals surface area contributed by atoms with E-state index in [0.717, 1.165) is 18.9 Å². The van der Waals surface area contributed by atoms with Gasteiger partial charge in [-0.25, -0.2) is 9.97 Å². The van der Waals surface area contributed by atoms with Gasteiger partial charge in [-0.15, -0.1) is 0 Å². The van der Waals surface area contributed by atoms with Crippen LogP contribution in [0.4, 0.5) is 11.6 Å². The molecule has 0 aliphatic carbocycles. The van der Waals surface area contributed by atoms with Gasteiger partial charge in [-0.2, -0.15) is 0 Å². The van der Waals surface area contributed by atoms with Crippen molar-refractivity contribution in [1.29, 1.82) is 0 Å². The molecule has 0 fully saturated rings. The van der Waals surface area contributed by atoms with Crippen molar-refractivity contribution in [3.8, 4) is 0 Å². The summed E-state index contributed by atoms with van der Waals surface area (Å²) in [5, 5.41) is 0. The van der Waals surface area contributed by atoms with Crippen molar-refractivity contribution in [3.05, 3.63) is 42.5 Å². The number of pyridine rings is 1. The second-order valence-corrected chi connectivity index (χ2v) is 3.63. The zero-order chi connectivity index (χ0) is 12.1. The maximum atomic E-state index is 5.82. The van der Waals surface area contributed by atoms with Gasteiger partial charge in [0, 0.05) is 37.9 Å². The Balaban J connectivity index is 2.21. The molecule has 17 heavy (non-hydrogen) atoms. The average Bonchev–Trinajstić information content (AvgIpc) is 2.38. The zero-order valence-electron chi connectivity index (χ0n) is 9.74. The van der Waals surface area contributed by atoms with Gasteiger partial charge in [0.1, 0.15) is 0 Å². The number of nitrogens with two attached hydrogens (primary N) is 1. The molecule has 0 radical (unpaired) electrons. The van der Waals surface area contributed by atoms with Crippen LogP contribution in [-0.4, -0.2) is 21.5 Å². The molecule has 0 spiro atoms. The minimum absolute atomic E-state index is 0.461. The normalized spacial score (nSPS) is 10.2. The lowest BCUT2D eigenvalue weighted by Gasteiger charge is -2.22. The number of nitrogen functional groups attached to an aromatic ring is 1. The van der Waals surface area contributed by atoms with E-state index in [9.17, 15) is 0 Å². The quantitative estimate of drug-likeness (QED) is 0.860. The van der Waals surface area contributed by atoms with Crippen LogP contribution in [0.2, 0.25) is 0 Å². The van der Waals surface area contributed by atoms with Crippen LogP contribution in [0, 0.1) is 0 Å². The van der Waals surface area contributed by atoms with Crippen LogP contribution < -0.4 is 10.6 Å². The van der Waals surface area contributed by atoms with E-state index in [4.69, 9.17) is 5.73 Å². The van der Waals surface area contributed by atoms with Crippen LogP contribution in [0.1, 0.15) is 12.5 Å². The molecule has 5 heteroatoms. The van der Waals surface area contributed by atoms with Gasteiger partial charge in [-0.05, 0) is 24.6 Å². The van der Waals surface area contributed by atoms with Crippen LogP contribution in [0.3, 0.4) is 0 Å². The molecule has 2 heterocycles. The van der Waals surface area contributed by atoms with Crippen molar-refractivity contribution >= 4 is 11.6 Å². The van der Waals surface area contributed by atoms with Gasteiger partial charge in [0.25, 0.3) is 0 Å². The molecule has 0 bridgehead atoms. The maximum Gasteiger partial charge on any atom is 0.171 e. The number of hydrogen-bond acceptors (Lipinski definition) is 5. The molecule has 0 saturated heterocycles. The van der Waals surface area contributed by atoms with Gasteiger partial charge in [-0.1, -0.05) is 0 Å². The van der Waals surface area contributed by atoms with E-state index in [-0.39, 0.29) is 0 Å². The molecular formula is C12H15N5. The number of aromatic nitrogens is 3. The lowest BCUT2D eigenvalue weighted by Crippen LogP contribution is -2.24. The third kappa shape index (κ3) is 2.69. The Morgan fingerprint density at radius 1 is 1.12 bits per heavy atom. The first-order valence-electron chi connectivity index (χ1n) is 5.51. The molecule has 0 aromatic carbocycles. The summed E-state index contributed by atoms with van der Waals surface area (Å²) in [5.41, 5.74) is 7.00. The zero-order valence-corrected chi connectivity index (χ0v) is 9.74. The van der Waals surface area contributed by atoms with Crippen molar-refractivity contribution in [2.24, 2.45) is 0 Å². The first-order chi connectivity index (χ1) is 8.31. The van der Waals surface area contributed by atoms with Crippen LogP contribution in [0.25, 0.3) is 0 Å². The van der Waals surface area contributed by atoms with Crippen LogP contribution in [-0.2, 0) is 6.54 Å². The molecule has 0 atom stereocenters. The summed E-state index contributed by atoms with van der Waals surface area (Å²) in [6.07, 6.45) is 6.81. The van der Waals surface area contributed by atoms with Gasteiger partial charge in [-0.3, -0.25) is 4.98 Å². The molecule has 0 unspecified atom stereocenters. The molecule has 5 nitrogen and oxygen atoms in total. The molecule has 2 rings (SSSR count). The van der Waals surface area contributed by atoms with Gasteiger partial charge >= 0.3 is 0 Å². The second kappa shape index (κ2) is 5.25. The monoisotopic (exact) mass is 229 g/mol. The van der Waals surface area contributed by atoms with Crippen molar-refractivity contribution in [2.75, 3.05) is 17.2 Å². The predicted octanol–water partition coefficient (Wildman–Crippen LogP) is 1.48. The third-order valence-electron chi connectivity index (χ3n) is 2.51. The molecule has 88 valence electrons. The highest BCUT2D eigenvalue weighted by Crippen LogP contribution is 2.18. The van der Waals surface area contributed by atoms with Crippen molar-refractivity contribution in [2.45, 2.75) is 13.5 Å². The fourth-order valence-corrected chi connectivity index (χ4v) is 1.63. The van der Waals surface area contributed by atoms with Crippen LogP contribution in [0.5, 0.6) is 0 Å². The fraction of sp³-hybridized carbons (Fsp3) is 0.250. The molecule has 2 aromatic rings. The Morgan fingerprint density at radius 3 is 2.47 bits per heavy atom. The van der Waals surface area contributed by atoms with E-state index in [1.165, 1.54) is 5.56 Å². The van der Waals surface area contributed by atoms with Crippen molar-refractivity contribution < 1.29 is 0 Å². The fourth-order valence-electron chi connectivity index (χ4n) is 1.63. The first kappa shape index (κ1) is 11.3. The van der Waals surface area contributed by atoms with Gasteiger partial charge in [0.05, 0.1) is 0 Å². The van der Waals surface area contributed by atoms with E-state index in [0.29, 0.717) is 5.82 Å². The molecule has 0 saturated carbocycles. The topological polar surface area (TPSA) is 67.9 Å². The minimum Gasteiger partial charge on any atom is -0.381 e. The smallest absolute Gasteiger partial charge is 0.171 e. The highest BCUT2D eigenvalue weighted by Gasteiger charge is 2.10. The molecule has 0 aliphatic heterocycles. The summed E-state index contributed by atoms with van der Waals surface area (Å²) < 4.78 is 0. The van der Waals surface area contributed by atoms with Gasteiger partial charge in [0.2, 0.25) is 0 Å². The van der Waals surface area contributed by atoms with Crippen molar-refractivity contribution in [3.63, 3.8) is 0 Å². The Labute approximate surface area is 100 Å². The van der Waals surface area contributed by atoms with E-state index in [1.807, 2.05) is 12.1 Å². The summed E-state index contributed by atoms with van der Waals surface area (Å²) in [7, 11) is 0. The highest BCUT2D eigenvalue weighted by atomic mass is 15.2. The van der Waals surface area contributed by atoms with Crippen LogP contribution >= 0.6 is 0 Å². The van der Waals surface area contributed by atoms with E-state index in [1.54, 1.807) is 24.8 Å². The Morgan fingerprint density at radius 2 is 1.82 bits per heavy atom. The standard InChI is InChI=1S/C12H15N5/c1-2-17(9-10-3-5-14-6-4-10)12-11(13)15-7-8-16-12/h3-8H,2,9H2,1H3,(H2,13,15). The average molecular weight is 229 g/mol. The Bertz CT molecular complexity index is 471. The molecule has 2 N–H and O–H groups in total. The first-order valence-corrected chi connectivity index (χ1v) is 5.51. The summed E-state index contributed by atoms with van der Waals surface area (Å²) in [6.45, 7) is 3.64. The Hall–Kier alpha value is -2.17. The second-order valence-electron chi connectivity index (χ2n) is 3.63. The maximum absolute atomic E-state index is 5.82. The minimum atomic E-state index is 0.461. The lowest BCUT2D eigenvalue weighted by molar-refractivity contribution is 0.810. The largest absolute Gasteiger partial charge is 0.381 e. The summed E-state index contributed by atoms with van der Waals surface area (Å²) in [4.78, 5) is 14.4. The van der Waals surface area contributed by atoms with Gasteiger partial charge in [0.15, 0.2) is 11.6 Å². The van der Waals surface area contributed by atoms with Crippen LogP contribution in [0.15, 0.2) is 36.9 Å².